The maximum absolute atomic E-state index is 13.2. The second kappa shape index (κ2) is 11.5. The molecule has 1 atom stereocenters. The number of nitrogens with one attached hydrogen (secondary N) is 1. The van der Waals surface area contributed by atoms with Crippen molar-refractivity contribution in [3.05, 3.63) is 70.8 Å². The van der Waals surface area contributed by atoms with Crippen LogP contribution < -0.4 is 5.32 Å². The molecule has 0 bridgehead atoms. The Morgan fingerprint density at radius 2 is 1.57 bits per heavy atom. The second-order valence-electron chi connectivity index (χ2n) is 9.83. The Morgan fingerprint density at radius 3 is 2.26 bits per heavy atom. The smallest absolute Gasteiger partial charge is 0.253 e. The highest BCUT2D eigenvalue weighted by atomic mass is 16.2. The highest BCUT2D eigenvalue weighted by molar-refractivity contribution is 5.95. The van der Waals surface area contributed by atoms with Gasteiger partial charge in [-0.2, -0.15) is 0 Å². The molecule has 3 amide bonds. The SMILES string of the molecule is Cc1cc(C)cc(C(=O)N2CCCC(C(=O)N3CCN(CC(=O)NCc4ccccc4)CC3)C2)c1. The Labute approximate surface area is 208 Å². The third-order valence-electron chi connectivity index (χ3n) is 6.91. The highest BCUT2D eigenvalue weighted by Gasteiger charge is 2.33. The second-order valence-corrected chi connectivity index (χ2v) is 9.83. The number of piperazine rings is 1. The van der Waals surface area contributed by atoms with Crippen molar-refractivity contribution in [1.29, 1.82) is 0 Å². The zero-order valence-electron chi connectivity index (χ0n) is 20.8. The van der Waals surface area contributed by atoms with Gasteiger partial charge in [0.25, 0.3) is 5.91 Å². The molecule has 186 valence electrons. The lowest BCUT2D eigenvalue weighted by atomic mass is 9.95. The topological polar surface area (TPSA) is 73.0 Å². The lowest BCUT2D eigenvalue weighted by molar-refractivity contribution is -0.138. The van der Waals surface area contributed by atoms with Crippen LogP contribution in [-0.2, 0) is 16.1 Å². The molecule has 2 saturated heterocycles. The average Bonchev–Trinajstić information content (AvgIpc) is 2.87. The highest BCUT2D eigenvalue weighted by Crippen LogP contribution is 2.22. The third-order valence-corrected chi connectivity index (χ3v) is 6.91. The van der Waals surface area contributed by atoms with Gasteiger partial charge in [0.15, 0.2) is 0 Å². The van der Waals surface area contributed by atoms with E-state index in [9.17, 15) is 14.4 Å². The molecule has 35 heavy (non-hydrogen) atoms. The van der Waals surface area contributed by atoms with E-state index in [1.54, 1.807) is 0 Å². The van der Waals surface area contributed by atoms with Crippen LogP contribution in [0.3, 0.4) is 0 Å². The molecule has 4 rings (SSSR count). The van der Waals surface area contributed by atoms with Crippen molar-refractivity contribution in [1.82, 2.24) is 20.0 Å². The largest absolute Gasteiger partial charge is 0.351 e. The molecule has 2 fully saturated rings. The average molecular weight is 477 g/mol. The van der Waals surface area contributed by atoms with Gasteiger partial charge in [-0.3, -0.25) is 19.3 Å². The molecule has 0 spiro atoms. The van der Waals surface area contributed by atoms with Gasteiger partial charge in [0.2, 0.25) is 11.8 Å². The molecule has 0 aromatic heterocycles. The van der Waals surface area contributed by atoms with E-state index in [1.165, 1.54) is 0 Å². The van der Waals surface area contributed by atoms with Crippen LogP contribution in [-0.4, -0.2) is 78.2 Å². The first-order valence-electron chi connectivity index (χ1n) is 12.6. The van der Waals surface area contributed by atoms with E-state index in [-0.39, 0.29) is 23.6 Å². The van der Waals surface area contributed by atoms with Crippen LogP contribution in [0, 0.1) is 19.8 Å². The van der Waals surface area contributed by atoms with Gasteiger partial charge in [0.1, 0.15) is 0 Å². The van der Waals surface area contributed by atoms with Crippen molar-refractivity contribution in [2.24, 2.45) is 5.92 Å². The van der Waals surface area contributed by atoms with Crippen LogP contribution >= 0.6 is 0 Å². The summed E-state index contributed by atoms with van der Waals surface area (Å²) in [6, 6.07) is 15.8. The first kappa shape index (κ1) is 24.9. The Balaban J connectivity index is 1.24. The Hall–Kier alpha value is -3.19. The summed E-state index contributed by atoms with van der Waals surface area (Å²) >= 11 is 0. The standard InChI is InChI=1S/C28H36N4O3/c1-21-15-22(2)17-25(16-21)28(35)32-10-6-9-24(19-32)27(34)31-13-11-30(12-14-31)20-26(33)29-18-23-7-4-3-5-8-23/h3-5,7-8,15-17,24H,6,9-14,18-20H2,1-2H3,(H,29,33). The fourth-order valence-electron chi connectivity index (χ4n) is 5.08. The van der Waals surface area contributed by atoms with Gasteiger partial charge in [-0.05, 0) is 44.4 Å². The molecule has 7 nitrogen and oxygen atoms in total. The molecule has 2 aromatic carbocycles. The summed E-state index contributed by atoms with van der Waals surface area (Å²) in [4.78, 5) is 44.5. The van der Waals surface area contributed by atoms with E-state index < -0.39 is 0 Å². The Morgan fingerprint density at radius 1 is 0.886 bits per heavy atom. The van der Waals surface area contributed by atoms with Crippen LogP contribution in [0.2, 0.25) is 0 Å². The van der Waals surface area contributed by atoms with E-state index in [0.29, 0.717) is 57.9 Å². The van der Waals surface area contributed by atoms with Crippen molar-refractivity contribution in [3.8, 4) is 0 Å². The van der Waals surface area contributed by atoms with Crippen molar-refractivity contribution < 1.29 is 14.4 Å². The zero-order chi connectivity index (χ0) is 24.8. The van der Waals surface area contributed by atoms with Crippen molar-refractivity contribution in [2.45, 2.75) is 33.2 Å². The summed E-state index contributed by atoms with van der Waals surface area (Å²) in [6.45, 7) is 8.64. The summed E-state index contributed by atoms with van der Waals surface area (Å²) in [7, 11) is 0. The number of likely N-dealkylation sites (tertiary alicyclic amines) is 1. The molecular weight excluding hydrogens is 440 g/mol. The zero-order valence-corrected chi connectivity index (χ0v) is 20.8. The minimum Gasteiger partial charge on any atom is -0.351 e. The summed E-state index contributed by atoms with van der Waals surface area (Å²) in [5, 5.41) is 2.97. The molecule has 2 aliphatic heterocycles. The lowest BCUT2D eigenvalue weighted by Gasteiger charge is -2.39. The Kier molecular flexibility index (Phi) is 8.18. The lowest BCUT2D eigenvalue weighted by Crippen LogP contribution is -2.54. The number of rotatable bonds is 6. The number of carbonyl (C=O) groups is 3. The van der Waals surface area contributed by atoms with Crippen LogP contribution in [0.1, 0.15) is 39.9 Å². The van der Waals surface area contributed by atoms with E-state index in [2.05, 4.69) is 16.3 Å². The van der Waals surface area contributed by atoms with Gasteiger partial charge in [-0.15, -0.1) is 0 Å². The minimum absolute atomic E-state index is 0.00134. The normalized spacial score (nSPS) is 18.9. The number of nitrogens with zero attached hydrogens (tertiary/aromatic N) is 3. The monoisotopic (exact) mass is 476 g/mol. The van der Waals surface area contributed by atoms with Crippen LogP contribution in [0.5, 0.6) is 0 Å². The van der Waals surface area contributed by atoms with E-state index in [0.717, 1.165) is 29.5 Å². The van der Waals surface area contributed by atoms with Crippen LogP contribution in [0.25, 0.3) is 0 Å². The number of benzene rings is 2. The van der Waals surface area contributed by atoms with Crippen molar-refractivity contribution in [2.75, 3.05) is 45.8 Å². The predicted molar refractivity (Wildman–Crippen MR) is 136 cm³/mol. The first-order valence-corrected chi connectivity index (χ1v) is 12.6. The fraction of sp³-hybridized carbons (Fsp3) is 0.464. The van der Waals surface area contributed by atoms with Gasteiger partial charge in [-0.25, -0.2) is 0 Å². The third kappa shape index (κ3) is 6.69. The van der Waals surface area contributed by atoms with E-state index >= 15 is 0 Å². The minimum atomic E-state index is -0.153. The van der Waals surface area contributed by atoms with Gasteiger partial charge in [-0.1, -0.05) is 47.5 Å². The van der Waals surface area contributed by atoms with E-state index in [4.69, 9.17) is 0 Å². The number of amides is 3. The van der Waals surface area contributed by atoms with Gasteiger partial charge < -0.3 is 15.1 Å². The fourth-order valence-corrected chi connectivity index (χ4v) is 5.08. The van der Waals surface area contributed by atoms with Crippen molar-refractivity contribution in [3.63, 3.8) is 0 Å². The van der Waals surface area contributed by atoms with Gasteiger partial charge >= 0.3 is 0 Å². The van der Waals surface area contributed by atoms with Crippen LogP contribution in [0.4, 0.5) is 0 Å². The van der Waals surface area contributed by atoms with Gasteiger partial charge in [0.05, 0.1) is 12.5 Å². The molecule has 2 aromatic rings. The first-order chi connectivity index (χ1) is 16.9. The number of hydrogen-bond acceptors (Lipinski definition) is 4. The molecule has 1 N–H and O–H groups in total. The molecule has 7 heteroatoms. The summed E-state index contributed by atoms with van der Waals surface area (Å²) in [6.07, 6.45) is 1.66. The molecule has 0 aliphatic carbocycles. The molecule has 2 heterocycles. The summed E-state index contributed by atoms with van der Waals surface area (Å²) in [5.41, 5.74) is 3.93. The van der Waals surface area contributed by atoms with Gasteiger partial charge in [0, 0.05) is 51.4 Å². The Bertz CT molecular complexity index is 1030. The number of aryl methyl sites for hydroxylation is 2. The van der Waals surface area contributed by atoms with Crippen LogP contribution in [0.15, 0.2) is 48.5 Å². The summed E-state index contributed by atoms with van der Waals surface area (Å²) < 4.78 is 0. The number of piperidine rings is 1. The summed E-state index contributed by atoms with van der Waals surface area (Å²) in [5.74, 6) is -0.00230. The predicted octanol–water partition coefficient (Wildman–Crippen LogP) is 2.62. The molecule has 0 radical (unpaired) electrons. The van der Waals surface area contributed by atoms with Crippen molar-refractivity contribution >= 4 is 17.7 Å². The quantitative estimate of drug-likeness (QED) is 0.696. The maximum Gasteiger partial charge on any atom is 0.253 e. The molecule has 1 unspecified atom stereocenters. The number of carbonyl (C=O) groups excluding carboxylic acids is 3. The molecular formula is C28H36N4O3. The molecule has 0 saturated carbocycles. The van der Waals surface area contributed by atoms with E-state index in [1.807, 2.05) is 66.1 Å². The maximum atomic E-state index is 13.2. The number of hydrogen-bond donors (Lipinski definition) is 1. The molecule has 2 aliphatic rings.